The molecule has 1 N–H and O–H groups in total. The molecule has 1 aromatic rings. The highest BCUT2D eigenvalue weighted by atomic mass is 16.5. The number of benzene rings is 1. The molecule has 0 spiro atoms. The number of aliphatic hydroxyl groups is 1. The molecular weight excluding hydrogens is 212 g/mol. The quantitative estimate of drug-likeness (QED) is 0.823. The maximum atomic E-state index is 10.0. The van der Waals surface area contributed by atoms with Crippen LogP contribution in [0.5, 0.6) is 0 Å². The third-order valence-electron chi connectivity index (χ3n) is 2.88. The number of aliphatic hydroxyl groups excluding tert-OH is 1. The first-order chi connectivity index (χ1) is 8.01. The molecule has 1 aromatic carbocycles. The minimum Gasteiger partial charge on any atom is -0.393 e. The van der Waals surface area contributed by atoms with Gasteiger partial charge >= 0.3 is 0 Å². The molecule has 0 saturated heterocycles. The number of hydrogen-bond donors (Lipinski definition) is 1. The third kappa shape index (κ3) is 5.33. The Morgan fingerprint density at radius 2 is 1.76 bits per heavy atom. The van der Waals surface area contributed by atoms with Gasteiger partial charge in [-0.25, -0.2) is 0 Å². The fourth-order valence-electron chi connectivity index (χ4n) is 2.36. The largest absolute Gasteiger partial charge is 0.393 e. The van der Waals surface area contributed by atoms with Crippen molar-refractivity contribution < 1.29 is 9.84 Å². The lowest BCUT2D eigenvalue weighted by Crippen LogP contribution is -2.17. The van der Waals surface area contributed by atoms with Gasteiger partial charge < -0.3 is 9.84 Å². The Morgan fingerprint density at radius 3 is 2.29 bits per heavy atom. The summed E-state index contributed by atoms with van der Waals surface area (Å²) in [6.45, 7) is 7.00. The van der Waals surface area contributed by atoms with Crippen LogP contribution in [0.15, 0.2) is 18.2 Å². The summed E-state index contributed by atoms with van der Waals surface area (Å²) in [5.41, 5.74) is 3.74. The molecule has 0 radical (unpaired) electrons. The summed E-state index contributed by atoms with van der Waals surface area (Å²) in [5, 5.41) is 10.0. The van der Waals surface area contributed by atoms with Gasteiger partial charge in [-0.3, -0.25) is 0 Å². The lowest BCUT2D eigenvalue weighted by molar-refractivity contribution is 0.102. The molecule has 2 nitrogen and oxygen atoms in total. The number of methoxy groups -OCH3 is 1. The van der Waals surface area contributed by atoms with Crippen LogP contribution in [0.1, 0.15) is 30.0 Å². The lowest BCUT2D eigenvalue weighted by atomic mass is 9.97. The van der Waals surface area contributed by atoms with E-state index in [4.69, 9.17) is 4.74 Å². The summed E-state index contributed by atoms with van der Waals surface area (Å²) in [5.74, 6) is 0.404. The predicted molar refractivity (Wildman–Crippen MR) is 71.3 cm³/mol. The second kappa shape index (κ2) is 6.77. The van der Waals surface area contributed by atoms with Gasteiger partial charge in [-0.05, 0) is 38.2 Å². The van der Waals surface area contributed by atoms with E-state index >= 15 is 0 Å². The first kappa shape index (κ1) is 14.2. The molecule has 0 aliphatic rings. The van der Waals surface area contributed by atoms with Crippen molar-refractivity contribution in [2.24, 2.45) is 5.92 Å². The Kier molecular flexibility index (Phi) is 5.66. The zero-order valence-corrected chi connectivity index (χ0v) is 11.4. The average molecular weight is 236 g/mol. The van der Waals surface area contributed by atoms with Crippen molar-refractivity contribution in [2.45, 2.75) is 39.7 Å². The van der Waals surface area contributed by atoms with Crippen LogP contribution < -0.4 is 0 Å². The van der Waals surface area contributed by atoms with Crippen molar-refractivity contribution in [3.8, 4) is 0 Å². The van der Waals surface area contributed by atoms with E-state index in [-0.39, 0.29) is 6.10 Å². The highest BCUT2D eigenvalue weighted by Gasteiger charge is 2.11. The Labute approximate surface area is 105 Å². The normalized spacial score (nSPS) is 14.6. The van der Waals surface area contributed by atoms with Gasteiger partial charge in [0.05, 0.1) is 6.10 Å². The van der Waals surface area contributed by atoms with Crippen LogP contribution in [0.3, 0.4) is 0 Å². The van der Waals surface area contributed by atoms with Crippen LogP contribution in [-0.4, -0.2) is 24.9 Å². The SMILES string of the molecule is COCC(C)CC(O)Cc1cc(C)cc(C)c1. The molecule has 17 heavy (non-hydrogen) atoms. The monoisotopic (exact) mass is 236 g/mol. The van der Waals surface area contributed by atoms with Crippen molar-refractivity contribution in [1.29, 1.82) is 0 Å². The topological polar surface area (TPSA) is 29.5 Å². The minimum atomic E-state index is -0.277. The lowest BCUT2D eigenvalue weighted by Gasteiger charge is -2.16. The van der Waals surface area contributed by atoms with Gasteiger partial charge in [0.1, 0.15) is 0 Å². The Balaban J connectivity index is 2.52. The summed E-state index contributed by atoms with van der Waals surface area (Å²) in [4.78, 5) is 0. The first-order valence-electron chi connectivity index (χ1n) is 6.25. The van der Waals surface area contributed by atoms with Crippen LogP contribution >= 0.6 is 0 Å². The van der Waals surface area contributed by atoms with E-state index in [1.54, 1.807) is 7.11 Å². The van der Waals surface area contributed by atoms with Gasteiger partial charge in [0.15, 0.2) is 0 Å². The van der Waals surface area contributed by atoms with Gasteiger partial charge in [-0.2, -0.15) is 0 Å². The minimum absolute atomic E-state index is 0.277. The molecule has 0 heterocycles. The molecule has 0 bridgehead atoms. The molecule has 0 aliphatic carbocycles. The Bertz CT molecular complexity index is 327. The van der Waals surface area contributed by atoms with Crippen LogP contribution in [0.25, 0.3) is 0 Å². The Hall–Kier alpha value is -0.860. The van der Waals surface area contributed by atoms with E-state index in [1.165, 1.54) is 16.7 Å². The molecular formula is C15H24O2. The molecule has 0 fully saturated rings. The van der Waals surface area contributed by atoms with Crippen molar-refractivity contribution in [1.82, 2.24) is 0 Å². The highest BCUT2D eigenvalue weighted by Crippen LogP contribution is 2.14. The molecule has 0 saturated carbocycles. The maximum absolute atomic E-state index is 10.0. The summed E-state index contributed by atoms with van der Waals surface area (Å²) in [7, 11) is 1.70. The summed E-state index contributed by atoms with van der Waals surface area (Å²) in [6.07, 6.45) is 1.25. The molecule has 2 unspecified atom stereocenters. The molecule has 0 aromatic heterocycles. The number of ether oxygens (including phenoxy) is 1. The zero-order valence-electron chi connectivity index (χ0n) is 11.4. The number of hydrogen-bond acceptors (Lipinski definition) is 2. The van der Waals surface area contributed by atoms with Crippen molar-refractivity contribution in [2.75, 3.05) is 13.7 Å². The summed E-state index contributed by atoms with van der Waals surface area (Å²) in [6, 6.07) is 6.46. The van der Waals surface area contributed by atoms with Crippen LogP contribution in [0, 0.1) is 19.8 Å². The zero-order chi connectivity index (χ0) is 12.8. The molecule has 0 amide bonds. The summed E-state index contributed by atoms with van der Waals surface area (Å²) >= 11 is 0. The fraction of sp³-hybridized carbons (Fsp3) is 0.600. The second-order valence-corrected chi connectivity index (χ2v) is 5.15. The smallest absolute Gasteiger partial charge is 0.0584 e. The summed E-state index contributed by atoms with van der Waals surface area (Å²) < 4.78 is 5.08. The molecule has 2 heteroatoms. The molecule has 0 aliphatic heterocycles. The highest BCUT2D eigenvalue weighted by molar-refractivity contribution is 5.28. The standard InChI is InChI=1S/C15H24O2/c1-11-5-12(2)7-14(6-11)9-15(16)8-13(3)10-17-4/h5-7,13,15-16H,8-10H2,1-4H3. The van der Waals surface area contributed by atoms with Crippen LogP contribution in [-0.2, 0) is 11.2 Å². The number of aryl methyl sites for hydroxylation is 2. The maximum Gasteiger partial charge on any atom is 0.0584 e. The van der Waals surface area contributed by atoms with E-state index in [0.717, 1.165) is 12.8 Å². The van der Waals surface area contributed by atoms with E-state index in [9.17, 15) is 5.11 Å². The van der Waals surface area contributed by atoms with Crippen LogP contribution in [0.4, 0.5) is 0 Å². The number of rotatable bonds is 6. The molecule has 1 rings (SSSR count). The fourth-order valence-corrected chi connectivity index (χ4v) is 2.36. The Morgan fingerprint density at radius 1 is 1.18 bits per heavy atom. The van der Waals surface area contributed by atoms with Gasteiger partial charge in [0.25, 0.3) is 0 Å². The van der Waals surface area contributed by atoms with Crippen molar-refractivity contribution >= 4 is 0 Å². The van der Waals surface area contributed by atoms with Gasteiger partial charge in [-0.1, -0.05) is 36.2 Å². The second-order valence-electron chi connectivity index (χ2n) is 5.15. The van der Waals surface area contributed by atoms with E-state index in [1.807, 2.05) is 0 Å². The van der Waals surface area contributed by atoms with E-state index < -0.39 is 0 Å². The van der Waals surface area contributed by atoms with Crippen molar-refractivity contribution in [3.05, 3.63) is 34.9 Å². The average Bonchev–Trinajstić information content (AvgIpc) is 2.14. The van der Waals surface area contributed by atoms with Gasteiger partial charge in [0.2, 0.25) is 0 Å². The molecule has 96 valence electrons. The van der Waals surface area contributed by atoms with Crippen molar-refractivity contribution in [3.63, 3.8) is 0 Å². The predicted octanol–water partition coefficient (Wildman–Crippen LogP) is 2.88. The third-order valence-corrected chi connectivity index (χ3v) is 2.88. The van der Waals surface area contributed by atoms with Crippen LogP contribution in [0.2, 0.25) is 0 Å². The van der Waals surface area contributed by atoms with E-state index in [0.29, 0.717) is 12.5 Å². The molecule has 2 atom stereocenters. The van der Waals surface area contributed by atoms with Gasteiger partial charge in [0, 0.05) is 13.7 Å². The van der Waals surface area contributed by atoms with E-state index in [2.05, 4.69) is 39.0 Å². The van der Waals surface area contributed by atoms with Gasteiger partial charge in [-0.15, -0.1) is 0 Å². The first-order valence-corrected chi connectivity index (χ1v) is 6.25.